The summed E-state index contributed by atoms with van der Waals surface area (Å²) >= 11 is 7.47. The van der Waals surface area contributed by atoms with E-state index < -0.39 is 0 Å². The van der Waals surface area contributed by atoms with Gasteiger partial charge in [-0.3, -0.25) is 4.79 Å². The second kappa shape index (κ2) is 6.92. The second-order valence-electron chi connectivity index (χ2n) is 5.77. The Balaban J connectivity index is 2.06. The predicted octanol–water partition coefficient (Wildman–Crippen LogP) is 3.66. The van der Waals surface area contributed by atoms with Crippen molar-refractivity contribution in [2.45, 2.75) is 45.1 Å². The molecule has 1 aromatic rings. The van der Waals surface area contributed by atoms with Crippen LogP contribution in [0.2, 0.25) is 4.34 Å². The number of nitrogens with zero attached hydrogens (tertiary/aromatic N) is 1. The first-order chi connectivity index (χ1) is 9.57. The molecule has 0 unspecified atom stereocenters. The molecule has 20 heavy (non-hydrogen) atoms. The maximum atomic E-state index is 12.8. The van der Waals surface area contributed by atoms with Crippen LogP contribution in [0.4, 0.5) is 0 Å². The van der Waals surface area contributed by atoms with E-state index in [2.05, 4.69) is 0 Å². The SMILES string of the molecule is CN(Cc1ccc(Cl)s1)C(=O)C1(CN)CCCCCC1. The molecule has 1 aliphatic rings. The maximum Gasteiger partial charge on any atom is 0.230 e. The molecule has 1 fully saturated rings. The Morgan fingerprint density at radius 2 is 2.00 bits per heavy atom. The number of amides is 1. The van der Waals surface area contributed by atoms with Crippen molar-refractivity contribution in [3.8, 4) is 0 Å². The van der Waals surface area contributed by atoms with Crippen LogP contribution in [0.15, 0.2) is 12.1 Å². The van der Waals surface area contributed by atoms with Gasteiger partial charge in [0.25, 0.3) is 0 Å². The van der Waals surface area contributed by atoms with Crippen molar-refractivity contribution in [2.24, 2.45) is 11.1 Å². The highest BCUT2D eigenvalue weighted by atomic mass is 35.5. The van der Waals surface area contributed by atoms with Crippen molar-refractivity contribution in [1.82, 2.24) is 4.90 Å². The molecule has 0 bridgehead atoms. The lowest BCUT2D eigenvalue weighted by Crippen LogP contribution is -2.46. The molecule has 0 radical (unpaired) electrons. The molecule has 0 saturated heterocycles. The van der Waals surface area contributed by atoms with Gasteiger partial charge in [0.2, 0.25) is 5.91 Å². The summed E-state index contributed by atoms with van der Waals surface area (Å²) in [6.45, 7) is 1.08. The summed E-state index contributed by atoms with van der Waals surface area (Å²) in [5, 5.41) is 0. The van der Waals surface area contributed by atoms with Crippen LogP contribution in [0.5, 0.6) is 0 Å². The number of rotatable bonds is 4. The highest BCUT2D eigenvalue weighted by molar-refractivity contribution is 7.16. The zero-order chi connectivity index (χ0) is 14.6. The minimum atomic E-state index is -0.341. The number of thiophene rings is 1. The van der Waals surface area contributed by atoms with E-state index in [1.54, 1.807) is 0 Å². The molecule has 0 aliphatic heterocycles. The lowest BCUT2D eigenvalue weighted by Gasteiger charge is -2.34. The third-order valence-electron chi connectivity index (χ3n) is 4.27. The van der Waals surface area contributed by atoms with Crippen LogP contribution in [0.25, 0.3) is 0 Å². The largest absolute Gasteiger partial charge is 0.340 e. The minimum Gasteiger partial charge on any atom is -0.340 e. The van der Waals surface area contributed by atoms with Crippen LogP contribution in [-0.2, 0) is 11.3 Å². The van der Waals surface area contributed by atoms with Gasteiger partial charge in [-0.2, -0.15) is 0 Å². The average molecular weight is 315 g/mol. The topological polar surface area (TPSA) is 46.3 Å². The Bertz CT molecular complexity index is 452. The molecule has 0 atom stereocenters. The summed E-state index contributed by atoms with van der Waals surface area (Å²) in [6.07, 6.45) is 6.53. The molecular formula is C15H23ClN2OS. The van der Waals surface area contributed by atoms with Gasteiger partial charge in [0.05, 0.1) is 16.3 Å². The second-order valence-corrected chi connectivity index (χ2v) is 7.57. The van der Waals surface area contributed by atoms with Gasteiger partial charge < -0.3 is 10.6 Å². The number of carbonyl (C=O) groups is 1. The van der Waals surface area contributed by atoms with Crippen molar-refractivity contribution < 1.29 is 4.79 Å². The first-order valence-corrected chi connectivity index (χ1v) is 8.47. The van der Waals surface area contributed by atoms with Gasteiger partial charge in [-0.25, -0.2) is 0 Å². The molecular weight excluding hydrogens is 292 g/mol. The van der Waals surface area contributed by atoms with Crippen LogP contribution < -0.4 is 5.73 Å². The normalized spacial score (nSPS) is 18.6. The third kappa shape index (κ3) is 3.54. The molecule has 1 amide bonds. The number of halogens is 1. The lowest BCUT2D eigenvalue weighted by molar-refractivity contribution is -0.141. The zero-order valence-corrected chi connectivity index (χ0v) is 13.6. The van der Waals surface area contributed by atoms with Gasteiger partial charge in [0, 0.05) is 18.5 Å². The van der Waals surface area contributed by atoms with Crippen LogP contribution in [0.1, 0.15) is 43.4 Å². The molecule has 1 heterocycles. The standard InChI is InChI=1S/C15H23ClN2OS/c1-18(10-12-6-7-13(16)20-12)14(19)15(11-17)8-4-2-3-5-9-15/h6-7H,2-5,8-11,17H2,1H3. The first kappa shape index (κ1) is 15.8. The molecule has 1 aliphatic carbocycles. The number of hydrogen-bond acceptors (Lipinski definition) is 3. The fourth-order valence-corrected chi connectivity index (χ4v) is 4.20. The van der Waals surface area contributed by atoms with Gasteiger partial charge in [0.1, 0.15) is 0 Å². The van der Waals surface area contributed by atoms with Crippen LogP contribution >= 0.6 is 22.9 Å². The predicted molar refractivity (Wildman–Crippen MR) is 85.0 cm³/mol. The smallest absolute Gasteiger partial charge is 0.230 e. The fourth-order valence-electron chi connectivity index (χ4n) is 3.06. The molecule has 2 N–H and O–H groups in total. The summed E-state index contributed by atoms with van der Waals surface area (Å²) in [5.74, 6) is 0.200. The van der Waals surface area contributed by atoms with Gasteiger partial charge in [-0.05, 0) is 25.0 Å². The number of nitrogens with two attached hydrogens (primary N) is 1. The van der Waals surface area contributed by atoms with Crippen LogP contribution in [-0.4, -0.2) is 24.4 Å². The minimum absolute atomic E-state index is 0.200. The average Bonchev–Trinajstić information content (AvgIpc) is 2.71. The molecule has 0 aromatic carbocycles. The van der Waals surface area contributed by atoms with E-state index in [4.69, 9.17) is 17.3 Å². The third-order valence-corrected chi connectivity index (χ3v) is 5.49. The highest BCUT2D eigenvalue weighted by Crippen LogP contribution is 2.36. The van der Waals surface area contributed by atoms with E-state index in [9.17, 15) is 4.79 Å². The Hall–Kier alpha value is -0.580. The van der Waals surface area contributed by atoms with Gasteiger partial charge in [-0.15, -0.1) is 11.3 Å². The first-order valence-electron chi connectivity index (χ1n) is 7.27. The van der Waals surface area contributed by atoms with E-state index in [1.807, 2.05) is 24.1 Å². The van der Waals surface area contributed by atoms with E-state index in [1.165, 1.54) is 24.2 Å². The summed E-state index contributed by atoms with van der Waals surface area (Å²) < 4.78 is 0.767. The van der Waals surface area contributed by atoms with E-state index >= 15 is 0 Å². The van der Waals surface area contributed by atoms with E-state index in [0.717, 1.165) is 34.9 Å². The Morgan fingerprint density at radius 3 is 2.50 bits per heavy atom. The monoisotopic (exact) mass is 314 g/mol. The van der Waals surface area contributed by atoms with Gasteiger partial charge in [-0.1, -0.05) is 37.3 Å². The van der Waals surface area contributed by atoms with Crippen molar-refractivity contribution in [2.75, 3.05) is 13.6 Å². The summed E-state index contributed by atoms with van der Waals surface area (Å²) in [7, 11) is 1.87. The van der Waals surface area contributed by atoms with Crippen molar-refractivity contribution in [3.05, 3.63) is 21.3 Å². The summed E-state index contributed by atoms with van der Waals surface area (Å²) in [4.78, 5) is 15.8. The van der Waals surface area contributed by atoms with Crippen molar-refractivity contribution in [3.63, 3.8) is 0 Å². The van der Waals surface area contributed by atoms with Crippen molar-refractivity contribution >= 4 is 28.8 Å². The van der Waals surface area contributed by atoms with E-state index in [0.29, 0.717) is 13.1 Å². The van der Waals surface area contributed by atoms with Crippen LogP contribution in [0, 0.1) is 5.41 Å². The molecule has 2 rings (SSSR count). The van der Waals surface area contributed by atoms with Gasteiger partial charge >= 0.3 is 0 Å². The molecule has 1 saturated carbocycles. The number of hydrogen-bond donors (Lipinski definition) is 1. The molecule has 112 valence electrons. The zero-order valence-electron chi connectivity index (χ0n) is 12.0. The van der Waals surface area contributed by atoms with Crippen LogP contribution in [0.3, 0.4) is 0 Å². The Morgan fingerprint density at radius 1 is 1.35 bits per heavy atom. The highest BCUT2D eigenvalue weighted by Gasteiger charge is 2.39. The maximum absolute atomic E-state index is 12.8. The molecule has 3 nitrogen and oxygen atoms in total. The Labute approximate surface area is 130 Å². The van der Waals surface area contributed by atoms with Crippen molar-refractivity contribution in [1.29, 1.82) is 0 Å². The van der Waals surface area contributed by atoms with Gasteiger partial charge in [0.15, 0.2) is 0 Å². The molecule has 0 spiro atoms. The summed E-state index contributed by atoms with van der Waals surface area (Å²) in [5.41, 5.74) is 5.64. The molecule has 1 aromatic heterocycles. The number of carbonyl (C=O) groups excluding carboxylic acids is 1. The lowest BCUT2D eigenvalue weighted by atomic mass is 9.79. The quantitative estimate of drug-likeness (QED) is 0.862. The summed E-state index contributed by atoms with van der Waals surface area (Å²) in [6, 6.07) is 3.86. The molecule has 5 heteroatoms. The van der Waals surface area contributed by atoms with E-state index in [-0.39, 0.29) is 11.3 Å². The fraction of sp³-hybridized carbons (Fsp3) is 0.667. The Kier molecular flexibility index (Phi) is 5.47.